The number of anilines is 1. The van der Waals surface area contributed by atoms with E-state index in [1.165, 1.54) is 18.1 Å². The zero-order valence-electron chi connectivity index (χ0n) is 16.5. The van der Waals surface area contributed by atoms with Gasteiger partial charge in [-0.1, -0.05) is 11.6 Å². The fourth-order valence-electron chi connectivity index (χ4n) is 3.22. The molecule has 28 heavy (non-hydrogen) atoms. The second-order valence-corrected chi connectivity index (χ2v) is 8.61. The summed E-state index contributed by atoms with van der Waals surface area (Å²) in [5, 5.41) is 0.376. The Kier molecular flexibility index (Phi) is 5.57. The van der Waals surface area contributed by atoms with Gasteiger partial charge in [-0.2, -0.15) is 0 Å². The molecule has 8 heteroatoms. The molecule has 3 amide bonds. The van der Waals surface area contributed by atoms with E-state index in [-0.39, 0.29) is 12.1 Å². The van der Waals surface area contributed by atoms with Gasteiger partial charge in [-0.3, -0.25) is 9.59 Å². The monoisotopic (exact) mass is 408 g/mol. The molecule has 0 unspecified atom stereocenters. The van der Waals surface area contributed by atoms with Crippen molar-refractivity contribution in [1.82, 2.24) is 4.90 Å². The largest absolute Gasteiger partial charge is 0.495 e. The smallest absolute Gasteiger partial charge is 0.332 e. The lowest BCUT2D eigenvalue weighted by molar-refractivity contribution is -0.156. The number of urea groups is 1. The van der Waals surface area contributed by atoms with Gasteiger partial charge in [0.1, 0.15) is 17.4 Å². The van der Waals surface area contributed by atoms with E-state index in [0.29, 0.717) is 23.2 Å². The van der Waals surface area contributed by atoms with Crippen LogP contribution < -0.4 is 9.64 Å². The first-order chi connectivity index (χ1) is 13.1. The van der Waals surface area contributed by atoms with Crippen molar-refractivity contribution in [3.63, 3.8) is 0 Å². The molecule has 1 aliphatic carbocycles. The van der Waals surface area contributed by atoms with Gasteiger partial charge >= 0.3 is 12.0 Å². The molecule has 1 saturated heterocycles. The number of carbonyl (C=O) groups is 3. The molecule has 0 N–H and O–H groups in total. The molecule has 0 bridgehead atoms. The van der Waals surface area contributed by atoms with E-state index in [0.717, 1.165) is 17.7 Å². The van der Waals surface area contributed by atoms with E-state index < -0.39 is 29.6 Å². The Bertz CT molecular complexity index is 800. The Labute approximate surface area is 169 Å². The lowest BCUT2D eigenvalue weighted by Crippen LogP contribution is -2.39. The third-order valence-electron chi connectivity index (χ3n) is 4.63. The number of methoxy groups -OCH3 is 1. The van der Waals surface area contributed by atoms with E-state index in [1.807, 2.05) is 0 Å². The first-order valence-corrected chi connectivity index (χ1v) is 9.68. The van der Waals surface area contributed by atoms with Gasteiger partial charge in [0.15, 0.2) is 0 Å². The maximum Gasteiger partial charge on any atom is 0.332 e. The zero-order valence-corrected chi connectivity index (χ0v) is 17.3. The average molecular weight is 409 g/mol. The van der Waals surface area contributed by atoms with Crippen molar-refractivity contribution in [3.05, 3.63) is 23.2 Å². The highest BCUT2D eigenvalue weighted by atomic mass is 35.5. The normalized spacial score (nSPS) is 20.0. The molecular weight excluding hydrogens is 384 g/mol. The molecule has 2 fully saturated rings. The number of rotatable bonds is 6. The summed E-state index contributed by atoms with van der Waals surface area (Å²) < 4.78 is 10.7. The summed E-state index contributed by atoms with van der Waals surface area (Å²) >= 11 is 6.08. The third kappa shape index (κ3) is 4.41. The Morgan fingerprint density at radius 3 is 2.50 bits per heavy atom. The van der Waals surface area contributed by atoms with Crippen molar-refractivity contribution >= 4 is 35.2 Å². The number of ether oxygens (including phenoxy) is 2. The van der Waals surface area contributed by atoms with Crippen molar-refractivity contribution < 1.29 is 23.9 Å². The summed E-state index contributed by atoms with van der Waals surface area (Å²) in [6.07, 6.45) is 1.84. The molecule has 2 aliphatic rings. The molecule has 1 aromatic rings. The number of hydrogen-bond donors (Lipinski definition) is 0. The maximum absolute atomic E-state index is 13.2. The number of hydrogen-bond acceptors (Lipinski definition) is 5. The van der Waals surface area contributed by atoms with E-state index in [2.05, 4.69) is 0 Å². The molecule has 1 saturated carbocycles. The number of carbonyl (C=O) groups excluding carboxylic acids is 3. The predicted molar refractivity (Wildman–Crippen MR) is 105 cm³/mol. The quantitative estimate of drug-likeness (QED) is 0.530. The molecule has 152 valence electrons. The highest BCUT2D eigenvalue weighted by Gasteiger charge is 2.49. The molecular formula is C20H25ClN2O5. The highest BCUT2D eigenvalue weighted by molar-refractivity contribution is 6.31. The van der Waals surface area contributed by atoms with Crippen LogP contribution in [0, 0.1) is 5.92 Å². The lowest BCUT2D eigenvalue weighted by Gasteiger charge is -2.24. The van der Waals surface area contributed by atoms with Crippen LogP contribution in [0.15, 0.2) is 18.2 Å². The average Bonchev–Trinajstić information content (AvgIpc) is 3.37. The summed E-state index contributed by atoms with van der Waals surface area (Å²) in [5.41, 5.74) is -0.391. The predicted octanol–water partition coefficient (Wildman–Crippen LogP) is 3.63. The minimum absolute atomic E-state index is 0.187. The van der Waals surface area contributed by atoms with E-state index >= 15 is 0 Å². The number of esters is 1. The summed E-state index contributed by atoms with van der Waals surface area (Å²) in [6.45, 7) is 5.73. The van der Waals surface area contributed by atoms with Crippen molar-refractivity contribution in [2.45, 2.75) is 51.7 Å². The highest BCUT2D eigenvalue weighted by Crippen LogP contribution is 2.38. The van der Waals surface area contributed by atoms with Gasteiger partial charge in [-0.05, 0) is 57.7 Å². The third-order valence-corrected chi connectivity index (χ3v) is 4.87. The molecule has 1 atom stereocenters. The summed E-state index contributed by atoms with van der Waals surface area (Å²) in [7, 11) is 1.46. The lowest BCUT2D eigenvalue weighted by atomic mass is 10.1. The molecule has 0 spiro atoms. The van der Waals surface area contributed by atoms with Crippen LogP contribution >= 0.6 is 11.6 Å². The minimum atomic E-state index is -0.897. The van der Waals surface area contributed by atoms with Gasteiger partial charge < -0.3 is 14.4 Å². The molecule has 7 nitrogen and oxygen atoms in total. The Morgan fingerprint density at radius 1 is 1.25 bits per heavy atom. The number of amides is 3. The van der Waals surface area contributed by atoms with E-state index in [1.54, 1.807) is 32.9 Å². The maximum atomic E-state index is 13.2. The standard InChI is InChI=1S/C20H25ClN2O5/c1-20(2,3)28-17(24)10-15-18(25)23(19(26)22(15)11-12-5-6-12)14-9-13(21)7-8-16(14)27-4/h7-9,12,15H,5-6,10-11H2,1-4H3/t15-/m0/s1. The topological polar surface area (TPSA) is 76.2 Å². The van der Waals surface area contributed by atoms with Gasteiger partial charge in [0.05, 0.1) is 19.2 Å². The Balaban J connectivity index is 1.91. The van der Waals surface area contributed by atoms with Crippen LogP contribution in [0.25, 0.3) is 0 Å². The zero-order chi connectivity index (χ0) is 20.6. The molecule has 1 heterocycles. The number of imide groups is 1. The van der Waals surface area contributed by atoms with Crippen LogP contribution in [0.2, 0.25) is 5.02 Å². The van der Waals surface area contributed by atoms with Gasteiger partial charge in [0.25, 0.3) is 5.91 Å². The van der Waals surface area contributed by atoms with Crippen molar-refractivity contribution in [3.8, 4) is 5.75 Å². The van der Waals surface area contributed by atoms with Crippen molar-refractivity contribution in [1.29, 1.82) is 0 Å². The van der Waals surface area contributed by atoms with Crippen molar-refractivity contribution in [2.75, 3.05) is 18.6 Å². The van der Waals surface area contributed by atoms with Crippen molar-refractivity contribution in [2.24, 2.45) is 5.92 Å². The SMILES string of the molecule is COc1ccc(Cl)cc1N1C(=O)[C@H](CC(=O)OC(C)(C)C)N(CC2CC2)C1=O. The second-order valence-electron chi connectivity index (χ2n) is 8.17. The van der Waals surface area contributed by atoms with Crippen LogP contribution in [0.4, 0.5) is 10.5 Å². The minimum Gasteiger partial charge on any atom is -0.495 e. The molecule has 1 aromatic carbocycles. The van der Waals surface area contributed by atoms with Gasteiger partial charge in [-0.25, -0.2) is 9.69 Å². The summed E-state index contributed by atoms with van der Waals surface area (Å²) in [6, 6.07) is 3.37. The molecule has 1 aliphatic heterocycles. The van der Waals surface area contributed by atoms with Crippen LogP contribution in [-0.2, 0) is 14.3 Å². The van der Waals surface area contributed by atoms with Gasteiger partial charge in [0.2, 0.25) is 0 Å². The number of nitrogens with zero attached hydrogens (tertiary/aromatic N) is 2. The fourth-order valence-corrected chi connectivity index (χ4v) is 3.39. The number of halogens is 1. The van der Waals surface area contributed by atoms with Crippen LogP contribution in [0.3, 0.4) is 0 Å². The van der Waals surface area contributed by atoms with Crippen LogP contribution in [0.1, 0.15) is 40.0 Å². The first kappa shape index (κ1) is 20.5. The first-order valence-electron chi connectivity index (χ1n) is 9.30. The van der Waals surface area contributed by atoms with Gasteiger partial charge in [-0.15, -0.1) is 0 Å². The van der Waals surface area contributed by atoms with Gasteiger partial charge in [0, 0.05) is 11.6 Å². The fraction of sp³-hybridized carbons (Fsp3) is 0.550. The number of benzene rings is 1. The second kappa shape index (κ2) is 7.62. The molecule has 0 aromatic heterocycles. The summed E-state index contributed by atoms with van der Waals surface area (Å²) in [5.74, 6) is -0.272. The van der Waals surface area contributed by atoms with Crippen LogP contribution in [0.5, 0.6) is 5.75 Å². The Morgan fingerprint density at radius 2 is 1.93 bits per heavy atom. The molecule has 3 rings (SSSR count). The molecule has 0 radical (unpaired) electrons. The van der Waals surface area contributed by atoms with E-state index in [4.69, 9.17) is 21.1 Å². The van der Waals surface area contributed by atoms with E-state index in [9.17, 15) is 14.4 Å². The Hall–Kier alpha value is -2.28. The van der Waals surface area contributed by atoms with Crippen LogP contribution in [-0.4, -0.2) is 48.1 Å². The summed E-state index contributed by atoms with van der Waals surface area (Å²) in [4.78, 5) is 41.2.